The van der Waals surface area contributed by atoms with Crippen LogP contribution in [0.25, 0.3) is 11.3 Å². The fourth-order valence-electron chi connectivity index (χ4n) is 4.39. The average Bonchev–Trinajstić information content (AvgIpc) is 3.41. The van der Waals surface area contributed by atoms with Crippen molar-refractivity contribution in [2.45, 2.75) is 38.5 Å². The number of nitrogens with one attached hydrogen (secondary N) is 1. The number of amides is 3. The van der Waals surface area contributed by atoms with E-state index in [0.29, 0.717) is 18.5 Å². The van der Waals surface area contributed by atoms with Crippen LogP contribution >= 0.6 is 11.3 Å². The number of hydrogen-bond acceptors (Lipinski definition) is 7. The summed E-state index contributed by atoms with van der Waals surface area (Å²) in [6.07, 6.45) is 4.22. The Bertz CT molecular complexity index is 1230. The Morgan fingerprint density at radius 3 is 2.79 bits per heavy atom. The summed E-state index contributed by atoms with van der Waals surface area (Å²) >= 11 is 1.65. The van der Waals surface area contributed by atoms with Crippen LogP contribution in [-0.2, 0) is 29.2 Å². The van der Waals surface area contributed by atoms with E-state index >= 15 is 0 Å². The Kier molecular flexibility index (Phi) is 5.74. The lowest BCUT2D eigenvalue weighted by atomic mass is 10.0. The molecule has 0 bridgehead atoms. The van der Waals surface area contributed by atoms with Gasteiger partial charge in [-0.15, -0.1) is 11.3 Å². The summed E-state index contributed by atoms with van der Waals surface area (Å²) in [7, 11) is 2.06. The molecule has 1 unspecified atom stereocenters. The highest BCUT2D eigenvalue weighted by Gasteiger charge is 2.39. The Morgan fingerprint density at radius 1 is 1.12 bits per heavy atom. The van der Waals surface area contributed by atoms with Crippen molar-refractivity contribution in [3.8, 4) is 11.3 Å². The molecule has 4 heterocycles. The largest absolute Gasteiger partial charge is 0.322 e. The molecule has 0 aliphatic carbocycles. The molecule has 0 spiro atoms. The second kappa shape index (κ2) is 8.84. The number of rotatable bonds is 6. The monoisotopic (exact) mass is 461 g/mol. The van der Waals surface area contributed by atoms with Gasteiger partial charge >= 0.3 is 0 Å². The van der Waals surface area contributed by atoms with Gasteiger partial charge in [0.25, 0.3) is 5.91 Å². The number of pyridine rings is 1. The van der Waals surface area contributed by atoms with E-state index in [4.69, 9.17) is 0 Å². The highest BCUT2D eigenvalue weighted by atomic mass is 32.1. The molecule has 9 heteroatoms. The number of aromatic nitrogens is 2. The Balaban J connectivity index is 1.32. The van der Waals surface area contributed by atoms with Gasteiger partial charge in [0.15, 0.2) is 0 Å². The van der Waals surface area contributed by atoms with E-state index in [0.717, 1.165) is 40.5 Å². The molecule has 2 aromatic heterocycles. The van der Waals surface area contributed by atoms with Gasteiger partial charge in [0.05, 0.1) is 12.2 Å². The van der Waals surface area contributed by atoms with Crippen LogP contribution in [-0.4, -0.2) is 50.6 Å². The molecule has 1 N–H and O–H groups in total. The normalized spacial score (nSPS) is 18.1. The molecule has 2 aliphatic rings. The first kappa shape index (κ1) is 21.4. The highest BCUT2D eigenvalue weighted by Crippen LogP contribution is 2.31. The van der Waals surface area contributed by atoms with Gasteiger partial charge in [-0.2, -0.15) is 0 Å². The molecular formula is C24H23N5O3S. The third-order valence-corrected chi connectivity index (χ3v) is 6.75. The number of carbonyl (C=O) groups is 3. The van der Waals surface area contributed by atoms with Crippen molar-refractivity contribution >= 4 is 29.1 Å². The van der Waals surface area contributed by atoms with Crippen molar-refractivity contribution in [1.29, 1.82) is 0 Å². The molecule has 8 nitrogen and oxygen atoms in total. The third kappa shape index (κ3) is 4.42. The van der Waals surface area contributed by atoms with E-state index in [-0.39, 0.29) is 18.2 Å². The summed E-state index contributed by atoms with van der Waals surface area (Å²) in [6.45, 7) is 1.90. The van der Waals surface area contributed by atoms with Crippen LogP contribution in [0.3, 0.4) is 0 Å². The van der Waals surface area contributed by atoms with Crippen LogP contribution in [0.5, 0.6) is 0 Å². The molecule has 1 aromatic carbocycles. The molecular weight excluding hydrogens is 438 g/mol. The van der Waals surface area contributed by atoms with Crippen molar-refractivity contribution in [3.63, 3.8) is 0 Å². The van der Waals surface area contributed by atoms with Crippen molar-refractivity contribution in [2.75, 3.05) is 7.05 Å². The minimum absolute atomic E-state index is 0.170. The van der Waals surface area contributed by atoms with Crippen LogP contribution in [0.4, 0.5) is 0 Å². The number of benzene rings is 1. The molecule has 1 saturated heterocycles. The second-order valence-electron chi connectivity index (χ2n) is 8.42. The van der Waals surface area contributed by atoms with E-state index in [1.54, 1.807) is 22.4 Å². The van der Waals surface area contributed by atoms with Gasteiger partial charge in [-0.3, -0.25) is 29.6 Å². The minimum Gasteiger partial charge on any atom is -0.322 e. The van der Waals surface area contributed by atoms with Crippen LogP contribution < -0.4 is 5.32 Å². The molecule has 3 aromatic rings. The van der Waals surface area contributed by atoms with Gasteiger partial charge in [0, 0.05) is 48.4 Å². The maximum absolute atomic E-state index is 12.9. The zero-order chi connectivity index (χ0) is 22.9. The van der Waals surface area contributed by atoms with Crippen LogP contribution in [0.2, 0.25) is 0 Å². The summed E-state index contributed by atoms with van der Waals surface area (Å²) in [6, 6.07) is 9.14. The standard InChI is InChI=1S/C24H23N5O3S/c1-28(14-22-26-8-9-33-22)12-15-6-7-25-19(10-15)16-2-3-18-17(11-16)13-29(24(18)32)20-4-5-21(30)27-23(20)31/h2-3,6-11,20H,4-5,12-14H2,1H3,(H,27,30,31). The minimum atomic E-state index is -0.610. The van der Waals surface area contributed by atoms with Crippen LogP contribution in [0, 0.1) is 0 Å². The number of carbonyl (C=O) groups excluding carboxylic acids is 3. The second-order valence-corrected chi connectivity index (χ2v) is 9.40. The molecule has 1 atom stereocenters. The number of fused-ring (bicyclic) bond motifs is 1. The predicted octanol–water partition coefficient (Wildman–Crippen LogP) is 2.60. The Hall–Kier alpha value is -3.43. The number of thiazole rings is 1. The third-order valence-electron chi connectivity index (χ3n) is 5.98. The lowest BCUT2D eigenvalue weighted by molar-refractivity contribution is -0.136. The smallest absolute Gasteiger partial charge is 0.255 e. The maximum Gasteiger partial charge on any atom is 0.255 e. The maximum atomic E-state index is 12.9. The van der Waals surface area contributed by atoms with Crippen molar-refractivity contribution in [3.05, 3.63) is 69.8 Å². The summed E-state index contributed by atoms with van der Waals surface area (Å²) in [4.78, 5) is 49.3. The van der Waals surface area contributed by atoms with Gasteiger partial charge in [0.1, 0.15) is 11.0 Å². The Morgan fingerprint density at radius 2 is 2.00 bits per heavy atom. The fourth-order valence-corrected chi connectivity index (χ4v) is 5.09. The fraction of sp³-hybridized carbons (Fsp3) is 0.292. The summed E-state index contributed by atoms with van der Waals surface area (Å²) in [5, 5.41) is 5.40. The topological polar surface area (TPSA) is 95.5 Å². The highest BCUT2D eigenvalue weighted by molar-refractivity contribution is 7.09. The average molecular weight is 462 g/mol. The zero-order valence-corrected chi connectivity index (χ0v) is 19.0. The van der Waals surface area contributed by atoms with Crippen molar-refractivity contribution < 1.29 is 14.4 Å². The van der Waals surface area contributed by atoms with Gasteiger partial charge in [-0.25, -0.2) is 4.98 Å². The first-order chi connectivity index (χ1) is 16.0. The van der Waals surface area contributed by atoms with Gasteiger partial charge in [-0.1, -0.05) is 6.07 Å². The van der Waals surface area contributed by atoms with Crippen LogP contribution in [0.1, 0.15) is 39.3 Å². The van der Waals surface area contributed by atoms with E-state index in [1.165, 1.54) is 0 Å². The van der Waals surface area contributed by atoms with Gasteiger partial charge in [0.2, 0.25) is 11.8 Å². The quantitative estimate of drug-likeness (QED) is 0.567. The summed E-state index contributed by atoms with van der Waals surface area (Å²) in [5.74, 6) is -0.855. The molecule has 0 saturated carbocycles. The SMILES string of the molecule is CN(Cc1ccnc(-c2ccc3c(c2)CN(C2CCC(=O)NC2=O)C3=O)c1)Cc1nccs1. The number of nitrogens with zero attached hydrogens (tertiary/aromatic N) is 4. The molecule has 0 radical (unpaired) electrons. The van der Waals surface area contributed by atoms with Gasteiger partial charge < -0.3 is 4.90 Å². The number of imide groups is 1. The number of piperidine rings is 1. The van der Waals surface area contributed by atoms with Gasteiger partial charge in [-0.05, 0) is 48.9 Å². The van der Waals surface area contributed by atoms with Crippen molar-refractivity contribution in [1.82, 2.24) is 25.1 Å². The Labute approximate surface area is 195 Å². The molecule has 168 valence electrons. The zero-order valence-electron chi connectivity index (χ0n) is 18.2. The van der Waals surface area contributed by atoms with E-state index in [2.05, 4.69) is 33.3 Å². The van der Waals surface area contributed by atoms with Crippen LogP contribution in [0.15, 0.2) is 48.1 Å². The molecule has 2 aliphatic heterocycles. The summed E-state index contributed by atoms with van der Waals surface area (Å²) < 4.78 is 0. The lowest BCUT2D eigenvalue weighted by Crippen LogP contribution is -2.52. The molecule has 3 amide bonds. The van der Waals surface area contributed by atoms with E-state index < -0.39 is 11.9 Å². The molecule has 33 heavy (non-hydrogen) atoms. The first-order valence-corrected chi connectivity index (χ1v) is 11.7. The summed E-state index contributed by atoms with van der Waals surface area (Å²) in [5.41, 5.74) is 4.37. The molecule has 1 fully saturated rings. The van der Waals surface area contributed by atoms with E-state index in [1.807, 2.05) is 35.8 Å². The number of hydrogen-bond donors (Lipinski definition) is 1. The van der Waals surface area contributed by atoms with E-state index in [9.17, 15) is 14.4 Å². The first-order valence-electron chi connectivity index (χ1n) is 10.8. The van der Waals surface area contributed by atoms with Crippen molar-refractivity contribution in [2.24, 2.45) is 0 Å². The molecule has 5 rings (SSSR count). The lowest BCUT2D eigenvalue weighted by Gasteiger charge is -2.29. The predicted molar refractivity (Wildman–Crippen MR) is 123 cm³/mol.